The summed E-state index contributed by atoms with van der Waals surface area (Å²) >= 11 is 0. The summed E-state index contributed by atoms with van der Waals surface area (Å²) in [6, 6.07) is 17.8. The standard InChI is InChI=1S/C23H24O4/c24-23-16-15-22(27-23)10-6-7-19-11-13-21(14-12-19)26-18-5-4-17-25-20-8-2-1-3-9-20/h1-3,8-9,11-14,22H,4-5,7,15-18H2. The molecule has 4 heteroatoms. The molecule has 3 rings (SSSR count). The first-order chi connectivity index (χ1) is 13.3. The van der Waals surface area contributed by atoms with Gasteiger partial charge in [-0.15, -0.1) is 0 Å². The van der Waals surface area contributed by atoms with E-state index in [1.54, 1.807) is 0 Å². The molecule has 0 amide bonds. The number of ether oxygens (including phenoxy) is 3. The summed E-state index contributed by atoms with van der Waals surface area (Å²) in [5, 5.41) is 0. The molecule has 0 spiro atoms. The van der Waals surface area contributed by atoms with Gasteiger partial charge in [-0.25, -0.2) is 0 Å². The Morgan fingerprint density at radius 1 is 0.926 bits per heavy atom. The lowest BCUT2D eigenvalue weighted by Crippen LogP contribution is -2.03. The molecule has 27 heavy (non-hydrogen) atoms. The number of benzene rings is 2. The molecule has 1 saturated heterocycles. The summed E-state index contributed by atoms with van der Waals surface area (Å²) in [5.41, 5.74) is 1.12. The molecule has 140 valence electrons. The molecule has 1 aliphatic heterocycles. The Hall–Kier alpha value is -2.93. The Morgan fingerprint density at radius 2 is 1.59 bits per heavy atom. The van der Waals surface area contributed by atoms with Crippen molar-refractivity contribution in [2.45, 2.75) is 38.2 Å². The van der Waals surface area contributed by atoms with Crippen molar-refractivity contribution in [1.29, 1.82) is 0 Å². The van der Waals surface area contributed by atoms with Crippen LogP contribution in [0.2, 0.25) is 0 Å². The molecule has 1 fully saturated rings. The average molecular weight is 364 g/mol. The van der Waals surface area contributed by atoms with Crippen molar-refractivity contribution in [3.05, 3.63) is 60.2 Å². The third-order valence-electron chi connectivity index (χ3n) is 4.18. The van der Waals surface area contributed by atoms with E-state index in [1.807, 2.05) is 54.6 Å². The molecule has 0 aromatic heterocycles. The third-order valence-corrected chi connectivity index (χ3v) is 4.18. The number of esters is 1. The Balaban J connectivity index is 1.30. The van der Waals surface area contributed by atoms with Crippen LogP contribution in [0.25, 0.3) is 0 Å². The van der Waals surface area contributed by atoms with Gasteiger partial charge < -0.3 is 14.2 Å². The van der Waals surface area contributed by atoms with E-state index >= 15 is 0 Å². The van der Waals surface area contributed by atoms with E-state index in [-0.39, 0.29) is 12.1 Å². The van der Waals surface area contributed by atoms with E-state index in [1.165, 1.54) is 0 Å². The topological polar surface area (TPSA) is 44.8 Å². The van der Waals surface area contributed by atoms with Crippen LogP contribution in [0, 0.1) is 11.8 Å². The van der Waals surface area contributed by atoms with Crippen LogP contribution in [-0.2, 0) is 16.0 Å². The van der Waals surface area contributed by atoms with E-state index in [9.17, 15) is 4.79 Å². The zero-order chi connectivity index (χ0) is 18.7. The number of carbonyl (C=O) groups excluding carboxylic acids is 1. The minimum Gasteiger partial charge on any atom is -0.494 e. The molecule has 0 aliphatic carbocycles. The molecular weight excluding hydrogens is 340 g/mol. The van der Waals surface area contributed by atoms with Gasteiger partial charge in [-0.05, 0) is 42.7 Å². The fraction of sp³-hybridized carbons (Fsp3) is 0.348. The molecule has 0 radical (unpaired) electrons. The highest BCUT2D eigenvalue weighted by Crippen LogP contribution is 2.15. The molecule has 0 bridgehead atoms. The highest BCUT2D eigenvalue weighted by Gasteiger charge is 2.20. The summed E-state index contributed by atoms with van der Waals surface area (Å²) in [6.45, 7) is 1.37. The largest absolute Gasteiger partial charge is 0.494 e. The van der Waals surface area contributed by atoms with E-state index < -0.39 is 0 Å². The van der Waals surface area contributed by atoms with Crippen LogP contribution in [0.4, 0.5) is 0 Å². The maximum atomic E-state index is 11.0. The molecule has 1 atom stereocenters. The van der Waals surface area contributed by atoms with Crippen LogP contribution in [0.1, 0.15) is 31.2 Å². The molecule has 1 aliphatic rings. The van der Waals surface area contributed by atoms with E-state index in [0.29, 0.717) is 32.5 Å². The van der Waals surface area contributed by atoms with Crippen LogP contribution in [0.3, 0.4) is 0 Å². The lowest BCUT2D eigenvalue weighted by atomic mass is 10.1. The molecule has 2 aromatic carbocycles. The fourth-order valence-corrected chi connectivity index (χ4v) is 2.70. The van der Waals surface area contributed by atoms with Crippen molar-refractivity contribution in [2.75, 3.05) is 13.2 Å². The maximum absolute atomic E-state index is 11.0. The van der Waals surface area contributed by atoms with Gasteiger partial charge in [-0.3, -0.25) is 4.79 Å². The number of para-hydroxylation sites is 1. The summed E-state index contributed by atoms with van der Waals surface area (Å²) < 4.78 is 16.5. The van der Waals surface area contributed by atoms with Gasteiger partial charge >= 0.3 is 5.97 Å². The highest BCUT2D eigenvalue weighted by molar-refractivity contribution is 5.72. The molecule has 2 aromatic rings. The monoisotopic (exact) mass is 364 g/mol. The predicted octanol–water partition coefficient (Wildman–Crippen LogP) is 4.18. The summed E-state index contributed by atoms with van der Waals surface area (Å²) in [5.74, 6) is 7.70. The summed E-state index contributed by atoms with van der Waals surface area (Å²) in [6.07, 6.45) is 3.49. The Labute approximate surface area is 160 Å². The molecular formula is C23H24O4. The first-order valence-electron chi connectivity index (χ1n) is 9.37. The van der Waals surface area contributed by atoms with Crippen LogP contribution in [-0.4, -0.2) is 25.3 Å². The Morgan fingerprint density at radius 3 is 2.22 bits per heavy atom. The van der Waals surface area contributed by atoms with Gasteiger partial charge in [-0.1, -0.05) is 42.2 Å². The summed E-state index contributed by atoms with van der Waals surface area (Å²) in [4.78, 5) is 11.0. The van der Waals surface area contributed by atoms with Gasteiger partial charge in [0, 0.05) is 12.8 Å². The maximum Gasteiger partial charge on any atom is 0.307 e. The predicted molar refractivity (Wildman–Crippen MR) is 104 cm³/mol. The van der Waals surface area contributed by atoms with Gasteiger partial charge in [0.05, 0.1) is 19.6 Å². The van der Waals surface area contributed by atoms with E-state index in [2.05, 4.69) is 11.8 Å². The zero-order valence-electron chi connectivity index (χ0n) is 15.4. The fourth-order valence-electron chi connectivity index (χ4n) is 2.70. The number of unbranched alkanes of at least 4 members (excludes halogenated alkanes) is 1. The smallest absolute Gasteiger partial charge is 0.307 e. The van der Waals surface area contributed by atoms with Gasteiger partial charge in [-0.2, -0.15) is 0 Å². The molecule has 0 saturated carbocycles. The molecule has 1 unspecified atom stereocenters. The molecule has 1 heterocycles. The Bertz CT molecular complexity index is 772. The number of hydrogen-bond donors (Lipinski definition) is 0. The van der Waals surface area contributed by atoms with Crippen LogP contribution >= 0.6 is 0 Å². The van der Waals surface area contributed by atoms with Crippen molar-refractivity contribution in [3.8, 4) is 23.3 Å². The van der Waals surface area contributed by atoms with Crippen molar-refractivity contribution < 1.29 is 19.0 Å². The lowest BCUT2D eigenvalue weighted by Gasteiger charge is -2.08. The average Bonchev–Trinajstić information content (AvgIpc) is 3.11. The normalized spacial score (nSPS) is 15.6. The number of hydrogen-bond acceptors (Lipinski definition) is 4. The summed E-state index contributed by atoms with van der Waals surface area (Å²) in [7, 11) is 0. The Kier molecular flexibility index (Phi) is 7.17. The first-order valence-corrected chi connectivity index (χ1v) is 9.37. The second-order valence-electron chi connectivity index (χ2n) is 6.38. The van der Waals surface area contributed by atoms with E-state index in [0.717, 1.165) is 29.9 Å². The van der Waals surface area contributed by atoms with Crippen molar-refractivity contribution in [3.63, 3.8) is 0 Å². The van der Waals surface area contributed by atoms with E-state index in [4.69, 9.17) is 14.2 Å². The number of carbonyl (C=O) groups is 1. The second-order valence-corrected chi connectivity index (χ2v) is 6.38. The van der Waals surface area contributed by atoms with Crippen molar-refractivity contribution in [1.82, 2.24) is 0 Å². The minimum atomic E-state index is -0.231. The van der Waals surface area contributed by atoms with Gasteiger partial charge in [0.25, 0.3) is 0 Å². The first kappa shape index (κ1) is 18.8. The molecule has 0 N–H and O–H groups in total. The highest BCUT2D eigenvalue weighted by atomic mass is 16.5. The number of cyclic esters (lactones) is 1. The molecule has 4 nitrogen and oxygen atoms in total. The van der Waals surface area contributed by atoms with Crippen LogP contribution in [0.15, 0.2) is 54.6 Å². The quantitative estimate of drug-likeness (QED) is 0.400. The zero-order valence-corrected chi connectivity index (χ0v) is 15.4. The second kappa shape index (κ2) is 10.3. The minimum absolute atomic E-state index is 0.151. The van der Waals surface area contributed by atoms with Gasteiger partial charge in [0.1, 0.15) is 11.5 Å². The van der Waals surface area contributed by atoms with Crippen LogP contribution in [0.5, 0.6) is 11.5 Å². The lowest BCUT2D eigenvalue weighted by molar-refractivity contribution is -0.139. The SMILES string of the molecule is O=C1CCC(C#CCc2ccc(OCCCCOc3ccccc3)cc2)O1. The van der Waals surface area contributed by atoms with Crippen molar-refractivity contribution >= 4 is 5.97 Å². The third kappa shape index (κ3) is 6.71. The number of rotatable bonds is 8. The van der Waals surface area contributed by atoms with Crippen molar-refractivity contribution in [2.24, 2.45) is 0 Å². The van der Waals surface area contributed by atoms with Gasteiger partial charge in [0.15, 0.2) is 6.10 Å². The van der Waals surface area contributed by atoms with Crippen LogP contribution < -0.4 is 9.47 Å². The van der Waals surface area contributed by atoms with Gasteiger partial charge in [0.2, 0.25) is 0 Å².